The number of fused-ring (bicyclic) bond motifs is 2. The summed E-state index contributed by atoms with van der Waals surface area (Å²) < 4.78 is 12.0. The van der Waals surface area contributed by atoms with Gasteiger partial charge in [-0.05, 0) is 23.8 Å². The summed E-state index contributed by atoms with van der Waals surface area (Å²) >= 11 is 6.20. The standard InChI is InChI=1S/C19H13ClN6O4/c20-12-4-2-1-3-10(12)8-26-17-15(24-25-26)18(27)23-16(22-17)19(28)21-11-5-6-13-14(7-11)30-9-29-13/h1-7H,8-9H2,(H,21,28)(H,22,23,27). The van der Waals surface area contributed by atoms with Crippen molar-refractivity contribution in [1.82, 2.24) is 25.0 Å². The van der Waals surface area contributed by atoms with E-state index in [2.05, 4.69) is 25.6 Å². The van der Waals surface area contributed by atoms with Crippen molar-refractivity contribution in [3.8, 4) is 11.5 Å². The molecule has 10 nitrogen and oxygen atoms in total. The van der Waals surface area contributed by atoms with Crippen LogP contribution in [0, 0.1) is 0 Å². The molecule has 150 valence electrons. The second-order valence-corrected chi connectivity index (χ2v) is 6.85. The average Bonchev–Trinajstić information content (AvgIpc) is 3.36. The Hall–Kier alpha value is -3.92. The van der Waals surface area contributed by atoms with Crippen LogP contribution in [0.1, 0.15) is 16.2 Å². The van der Waals surface area contributed by atoms with E-state index in [9.17, 15) is 9.59 Å². The van der Waals surface area contributed by atoms with Crippen LogP contribution in [0.15, 0.2) is 47.3 Å². The van der Waals surface area contributed by atoms with Crippen LogP contribution in [-0.2, 0) is 6.54 Å². The fourth-order valence-corrected chi connectivity index (χ4v) is 3.23. The molecular weight excluding hydrogens is 412 g/mol. The quantitative estimate of drug-likeness (QED) is 0.514. The van der Waals surface area contributed by atoms with Crippen molar-refractivity contribution in [2.24, 2.45) is 0 Å². The molecule has 2 N–H and O–H groups in total. The van der Waals surface area contributed by atoms with Gasteiger partial charge in [0.2, 0.25) is 12.6 Å². The molecule has 0 aliphatic carbocycles. The van der Waals surface area contributed by atoms with Crippen LogP contribution in [0.3, 0.4) is 0 Å². The van der Waals surface area contributed by atoms with Gasteiger partial charge in [-0.3, -0.25) is 9.59 Å². The molecule has 0 spiro atoms. The minimum absolute atomic E-state index is 0.0293. The third kappa shape index (κ3) is 3.22. The number of anilines is 1. The smallest absolute Gasteiger partial charge is 0.291 e. The number of rotatable bonds is 4. The molecule has 0 atom stereocenters. The molecule has 0 bridgehead atoms. The SMILES string of the molecule is O=C(Nc1ccc2c(c1)OCO2)c1nc2c(nnn2Cc2ccccc2Cl)c(=O)[nH]1. The minimum atomic E-state index is -0.599. The highest BCUT2D eigenvalue weighted by Crippen LogP contribution is 2.34. The lowest BCUT2D eigenvalue weighted by Crippen LogP contribution is -2.21. The van der Waals surface area contributed by atoms with Crippen LogP contribution in [0.4, 0.5) is 5.69 Å². The summed E-state index contributed by atoms with van der Waals surface area (Å²) in [7, 11) is 0. The van der Waals surface area contributed by atoms with E-state index in [1.165, 1.54) is 4.68 Å². The summed E-state index contributed by atoms with van der Waals surface area (Å²) in [5, 5.41) is 11.1. The molecule has 0 saturated carbocycles. The van der Waals surface area contributed by atoms with Gasteiger partial charge in [-0.1, -0.05) is 35.0 Å². The number of carbonyl (C=O) groups excluding carboxylic acids is 1. The second kappa shape index (κ2) is 7.16. The maximum Gasteiger partial charge on any atom is 0.291 e. The van der Waals surface area contributed by atoms with Gasteiger partial charge in [-0.25, -0.2) is 9.67 Å². The van der Waals surface area contributed by atoms with Crippen LogP contribution >= 0.6 is 11.6 Å². The molecular formula is C19H13ClN6O4. The van der Waals surface area contributed by atoms with E-state index in [0.717, 1.165) is 5.56 Å². The topological polar surface area (TPSA) is 124 Å². The predicted octanol–water partition coefficient (Wildman–Crippen LogP) is 2.20. The maximum atomic E-state index is 12.7. The van der Waals surface area contributed by atoms with E-state index in [4.69, 9.17) is 21.1 Å². The molecule has 4 aromatic rings. The fraction of sp³-hybridized carbons (Fsp3) is 0.105. The third-order valence-corrected chi connectivity index (χ3v) is 4.87. The van der Waals surface area contributed by atoms with Crippen molar-refractivity contribution >= 4 is 34.4 Å². The largest absolute Gasteiger partial charge is 0.454 e. The van der Waals surface area contributed by atoms with Gasteiger partial charge in [-0.15, -0.1) is 5.10 Å². The first-order valence-electron chi connectivity index (χ1n) is 8.86. The van der Waals surface area contributed by atoms with E-state index in [0.29, 0.717) is 22.2 Å². The summed E-state index contributed by atoms with van der Waals surface area (Å²) in [6.45, 7) is 0.372. The fourth-order valence-electron chi connectivity index (χ4n) is 3.03. The number of nitrogens with zero attached hydrogens (tertiary/aromatic N) is 4. The molecule has 0 unspecified atom stereocenters. The lowest BCUT2D eigenvalue weighted by atomic mass is 10.2. The normalized spacial score (nSPS) is 12.3. The number of carbonyl (C=O) groups is 1. The number of amides is 1. The summed E-state index contributed by atoms with van der Waals surface area (Å²) in [5.41, 5.74) is 0.881. The second-order valence-electron chi connectivity index (χ2n) is 6.45. The average molecular weight is 425 g/mol. The van der Waals surface area contributed by atoms with Crippen molar-refractivity contribution in [2.75, 3.05) is 12.1 Å². The first-order valence-corrected chi connectivity index (χ1v) is 9.24. The van der Waals surface area contributed by atoms with Crippen LogP contribution in [0.5, 0.6) is 11.5 Å². The van der Waals surface area contributed by atoms with Gasteiger partial charge in [0.15, 0.2) is 22.7 Å². The number of aromatic nitrogens is 5. The highest BCUT2D eigenvalue weighted by molar-refractivity contribution is 6.31. The van der Waals surface area contributed by atoms with Gasteiger partial charge in [0.1, 0.15) is 0 Å². The van der Waals surface area contributed by atoms with Gasteiger partial charge in [0, 0.05) is 16.8 Å². The van der Waals surface area contributed by atoms with Gasteiger partial charge < -0.3 is 19.8 Å². The first kappa shape index (κ1) is 18.1. The Morgan fingerprint density at radius 3 is 2.90 bits per heavy atom. The maximum absolute atomic E-state index is 12.7. The number of H-pyrrole nitrogens is 1. The molecule has 2 aromatic heterocycles. The Kier molecular flexibility index (Phi) is 4.32. The summed E-state index contributed by atoms with van der Waals surface area (Å²) in [5.74, 6) is 0.341. The Balaban J connectivity index is 1.46. The van der Waals surface area contributed by atoms with E-state index in [1.807, 2.05) is 18.2 Å². The summed E-state index contributed by atoms with van der Waals surface area (Å²) in [6.07, 6.45) is 0. The number of hydrogen-bond donors (Lipinski definition) is 2. The Bertz CT molecular complexity index is 1350. The first-order chi connectivity index (χ1) is 14.6. The van der Waals surface area contributed by atoms with Crippen LogP contribution in [0.2, 0.25) is 5.02 Å². The Morgan fingerprint density at radius 2 is 2.03 bits per heavy atom. The highest BCUT2D eigenvalue weighted by atomic mass is 35.5. The zero-order valence-corrected chi connectivity index (χ0v) is 16.0. The molecule has 30 heavy (non-hydrogen) atoms. The minimum Gasteiger partial charge on any atom is -0.454 e. The van der Waals surface area contributed by atoms with Crippen molar-refractivity contribution in [3.63, 3.8) is 0 Å². The molecule has 1 amide bonds. The molecule has 0 fully saturated rings. The number of aromatic amines is 1. The molecule has 0 saturated heterocycles. The van der Waals surface area contributed by atoms with Crippen LogP contribution in [-0.4, -0.2) is 37.7 Å². The molecule has 3 heterocycles. The van der Waals surface area contributed by atoms with Gasteiger partial charge >= 0.3 is 0 Å². The van der Waals surface area contributed by atoms with E-state index in [-0.39, 0.29) is 30.3 Å². The van der Waals surface area contributed by atoms with Gasteiger partial charge in [0.05, 0.1) is 6.54 Å². The zero-order valence-electron chi connectivity index (χ0n) is 15.3. The van der Waals surface area contributed by atoms with E-state index < -0.39 is 11.5 Å². The number of nitrogens with one attached hydrogen (secondary N) is 2. The predicted molar refractivity (Wildman–Crippen MR) is 107 cm³/mol. The van der Waals surface area contributed by atoms with E-state index in [1.54, 1.807) is 24.3 Å². The summed E-state index contributed by atoms with van der Waals surface area (Å²) in [6, 6.07) is 12.2. The lowest BCUT2D eigenvalue weighted by Gasteiger charge is -2.07. The third-order valence-electron chi connectivity index (χ3n) is 4.50. The van der Waals surface area contributed by atoms with Gasteiger partial charge in [0.25, 0.3) is 11.5 Å². The molecule has 2 aromatic carbocycles. The van der Waals surface area contributed by atoms with Crippen molar-refractivity contribution in [1.29, 1.82) is 0 Å². The zero-order chi connectivity index (χ0) is 20.7. The Morgan fingerprint density at radius 1 is 1.20 bits per heavy atom. The molecule has 5 rings (SSSR count). The molecule has 1 aliphatic rings. The van der Waals surface area contributed by atoms with Gasteiger partial charge in [-0.2, -0.15) is 0 Å². The molecule has 11 heteroatoms. The number of ether oxygens (including phenoxy) is 2. The molecule has 0 radical (unpaired) electrons. The molecule has 1 aliphatic heterocycles. The van der Waals surface area contributed by atoms with Crippen LogP contribution < -0.4 is 20.3 Å². The Labute approximate surface area is 173 Å². The van der Waals surface area contributed by atoms with E-state index >= 15 is 0 Å². The van der Waals surface area contributed by atoms with Crippen molar-refractivity contribution in [2.45, 2.75) is 6.54 Å². The van der Waals surface area contributed by atoms with Crippen LogP contribution in [0.25, 0.3) is 11.2 Å². The number of halogens is 1. The highest BCUT2D eigenvalue weighted by Gasteiger charge is 2.19. The monoisotopic (exact) mass is 424 g/mol. The number of hydrogen-bond acceptors (Lipinski definition) is 7. The van der Waals surface area contributed by atoms with Crippen molar-refractivity contribution < 1.29 is 14.3 Å². The summed E-state index contributed by atoms with van der Waals surface area (Å²) in [4.78, 5) is 31.8. The van der Waals surface area contributed by atoms with Crippen molar-refractivity contribution in [3.05, 3.63) is 69.2 Å². The lowest BCUT2D eigenvalue weighted by molar-refractivity contribution is 0.101. The number of benzene rings is 2.